The van der Waals surface area contributed by atoms with Gasteiger partial charge in [-0.05, 0) is 30.2 Å². The van der Waals surface area contributed by atoms with Gasteiger partial charge in [-0.15, -0.1) is 11.3 Å². The van der Waals surface area contributed by atoms with E-state index >= 15 is 0 Å². The lowest BCUT2D eigenvalue weighted by molar-refractivity contribution is 0.644. The predicted octanol–water partition coefficient (Wildman–Crippen LogP) is 3.73. The number of thioether (sulfide) groups is 1. The van der Waals surface area contributed by atoms with E-state index in [9.17, 15) is 0 Å². The van der Waals surface area contributed by atoms with Gasteiger partial charge in [-0.25, -0.2) is 0 Å². The van der Waals surface area contributed by atoms with Crippen LogP contribution in [0.25, 0.3) is 0 Å². The fraction of sp³-hybridized carbons (Fsp3) is 0.533. The number of hydrogen-bond acceptors (Lipinski definition) is 4. The van der Waals surface area contributed by atoms with Gasteiger partial charge in [0.2, 0.25) is 0 Å². The van der Waals surface area contributed by atoms with E-state index in [2.05, 4.69) is 18.1 Å². The molecule has 0 fully saturated rings. The van der Waals surface area contributed by atoms with E-state index in [1.807, 2.05) is 34.8 Å². The first-order valence-electron chi connectivity index (χ1n) is 7.25. The molecule has 6 heteroatoms. The average molecular weight is 342 g/mol. The van der Waals surface area contributed by atoms with E-state index in [4.69, 9.17) is 17.3 Å². The summed E-state index contributed by atoms with van der Waals surface area (Å²) in [5.41, 5.74) is 9.91. The minimum atomic E-state index is 0.00297. The summed E-state index contributed by atoms with van der Waals surface area (Å²) in [4.78, 5) is 2.79. The van der Waals surface area contributed by atoms with E-state index in [-0.39, 0.29) is 6.04 Å². The molecule has 1 atom stereocenters. The first kappa shape index (κ1) is 15.4. The van der Waals surface area contributed by atoms with E-state index in [1.165, 1.54) is 27.5 Å². The molecular weight excluding hydrogens is 322 g/mol. The van der Waals surface area contributed by atoms with Crippen LogP contribution in [0.3, 0.4) is 0 Å². The van der Waals surface area contributed by atoms with Crippen LogP contribution in [0.5, 0.6) is 0 Å². The van der Waals surface area contributed by atoms with Gasteiger partial charge in [0.1, 0.15) is 0 Å². The van der Waals surface area contributed by atoms with Crippen molar-refractivity contribution in [1.29, 1.82) is 0 Å². The molecule has 0 saturated heterocycles. The molecule has 0 spiro atoms. The number of aromatic nitrogens is 2. The van der Waals surface area contributed by atoms with Gasteiger partial charge in [0.15, 0.2) is 0 Å². The van der Waals surface area contributed by atoms with Crippen LogP contribution in [0.4, 0.5) is 0 Å². The Hall–Kier alpha value is -0.490. The van der Waals surface area contributed by atoms with Crippen molar-refractivity contribution in [3.8, 4) is 0 Å². The van der Waals surface area contributed by atoms with E-state index < -0.39 is 0 Å². The van der Waals surface area contributed by atoms with Gasteiger partial charge in [-0.2, -0.15) is 16.9 Å². The van der Waals surface area contributed by atoms with Gasteiger partial charge in [-0.3, -0.25) is 4.68 Å². The molecule has 21 heavy (non-hydrogen) atoms. The molecule has 2 aromatic rings. The van der Waals surface area contributed by atoms with Crippen molar-refractivity contribution in [3.05, 3.63) is 37.8 Å². The second kappa shape index (κ2) is 6.32. The molecule has 1 aliphatic rings. The maximum absolute atomic E-state index is 6.43. The van der Waals surface area contributed by atoms with Crippen molar-refractivity contribution in [2.24, 2.45) is 12.8 Å². The Kier molecular flexibility index (Phi) is 4.64. The first-order chi connectivity index (χ1) is 10.1. The molecule has 2 aromatic heterocycles. The Bertz CT molecular complexity index is 624. The Morgan fingerprint density at radius 2 is 2.33 bits per heavy atom. The number of nitrogens with two attached hydrogens (primary N) is 1. The summed E-state index contributed by atoms with van der Waals surface area (Å²) in [6, 6.07) is 2.30. The van der Waals surface area contributed by atoms with Crippen molar-refractivity contribution in [1.82, 2.24) is 9.78 Å². The van der Waals surface area contributed by atoms with Crippen molar-refractivity contribution in [2.45, 2.75) is 38.0 Å². The van der Waals surface area contributed by atoms with Crippen molar-refractivity contribution < 1.29 is 0 Å². The Morgan fingerprint density at radius 3 is 3.00 bits per heavy atom. The number of nitrogens with zero attached hydrogens (tertiary/aromatic N) is 2. The van der Waals surface area contributed by atoms with Crippen molar-refractivity contribution in [2.75, 3.05) is 5.75 Å². The standard InChI is InChI=1S/C15H20ClN3S2/c1-3-11-15(16)12(19(2)18-11)7-10(17)14-6-9-8-20-5-4-13(9)21-14/h6,10H,3-5,7-8,17H2,1-2H3. The molecule has 1 aliphatic heterocycles. The lowest BCUT2D eigenvalue weighted by Crippen LogP contribution is -2.14. The normalized spacial score (nSPS) is 16.0. The third-order valence-corrected chi connectivity index (χ3v) is 6.74. The molecule has 0 radical (unpaired) electrons. The molecule has 1 unspecified atom stereocenters. The molecule has 0 bridgehead atoms. The maximum atomic E-state index is 6.43. The quantitative estimate of drug-likeness (QED) is 0.921. The highest BCUT2D eigenvalue weighted by Crippen LogP contribution is 2.35. The van der Waals surface area contributed by atoms with Crippen LogP contribution < -0.4 is 5.73 Å². The predicted molar refractivity (Wildman–Crippen MR) is 92.4 cm³/mol. The fourth-order valence-electron chi connectivity index (χ4n) is 2.70. The van der Waals surface area contributed by atoms with Gasteiger partial charge in [0, 0.05) is 35.0 Å². The molecule has 2 N–H and O–H groups in total. The second-order valence-corrected chi connectivity index (χ2v) is 8.05. The third-order valence-electron chi connectivity index (χ3n) is 3.93. The maximum Gasteiger partial charge on any atom is 0.0850 e. The number of aryl methyl sites for hydroxylation is 3. The summed E-state index contributed by atoms with van der Waals surface area (Å²) in [5.74, 6) is 2.36. The molecule has 0 amide bonds. The zero-order valence-corrected chi connectivity index (χ0v) is 14.7. The van der Waals surface area contributed by atoms with Gasteiger partial charge in [0.25, 0.3) is 0 Å². The molecule has 3 rings (SSSR count). The number of thiophene rings is 1. The first-order valence-corrected chi connectivity index (χ1v) is 9.60. The summed E-state index contributed by atoms with van der Waals surface area (Å²) in [5, 5.41) is 5.25. The zero-order chi connectivity index (χ0) is 15.0. The van der Waals surface area contributed by atoms with E-state index in [0.29, 0.717) is 0 Å². The van der Waals surface area contributed by atoms with Gasteiger partial charge in [0.05, 0.1) is 16.4 Å². The lowest BCUT2D eigenvalue weighted by Gasteiger charge is -2.10. The van der Waals surface area contributed by atoms with Crippen molar-refractivity contribution >= 4 is 34.7 Å². The van der Waals surface area contributed by atoms with Gasteiger partial charge < -0.3 is 5.73 Å². The van der Waals surface area contributed by atoms with E-state index in [1.54, 1.807) is 0 Å². The third kappa shape index (κ3) is 3.02. The highest BCUT2D eigenvalue weighted by Gasteiger charge is 2.20. The Balaban J connectivity index is 1.81. The largest absolute Gasteiger partial charge is 0.323 e. The molecule has 3 nitrogen and oxygen atoms in total. The average Bonchev–Trinajstić information content (AvgIpc) is 3.03. The summed E-state index contributed by atoms with van der Waals surface area (Å²) in [6.45, 7) is 2.07. The summed E-state index contributed by atoms with van der Waals surface area (Å²) >= 11 is 10.3. The topological polar surface area (TPSA) is 43.8 Å². The minimum Gasteiger partial charge on any atom is -0.323 e. The number of halogens is 1. The Morgan fingerprint density at radius 1 is 1.52 bits per heavy atom. The van der Waals surface area contributed by atoms with Crippen LogP contribution in [-0.2, 0) is 32.1 Å². The van der Waals surface area contributed by atoms with Crippen LogP contribution in [0.1, 0.15) is 39.7 Å². The van der Waals surface area contributed by atoms with Crippen LogP contribution in [-0.4, -0.2) is 15.5 Å². The Labute approximate surface area is 138 Å². The fourth-order valence-corrected chi connectivity index (χ4v) is 5.45. The minimum absolute atomic E-state index is 0.00297. The highest BCUT2D eigenvalue weighted by molar-refractivity contribution is 7.98. The number of hydrogen-bond donors (Lipinski definition) is 1. The molecule has 0 aromatic carbocycles. The highest BCUT2D eigenvalue weighted by atomic mass is 35.5. The zero-order valence-electron chi connectivity index (χ0n) is 12.4. The second-order valence-electron chi connectivity index (χ2n) is 5.39. The molecule has 3 heterocycles. The molecule has 0 saturated carbocycles. The van der Waals surface area contributed by atoms with Crippen LogP contribution in [0, 0.1) is 0 Å². The van der Waals surface area contributed by atoms with Crippen LogP contribution in [0.2, 0.25) is 5.02 Å². The number of rotatable bonds is 4. The molecular formula is C15H20ClN3S2. The van der Waals surface area contributed by atoms with Gasteiger partial charge >= 0.3 is 0 Å². The van der Waals surface area contributed by atoms with Crippen LogP contribution in [0.15, 0.2) is 6.07 Å². The summed E-state index contributed by atoms with van der Waals surface area (Å²) in [6.07, 6.45) is 2.78. The summed E-state index contributed by atoms with van der Waals surface area (Å²) in [7, 11) is 1.95. The summed E-state index contributed by atoms with van der Waals surface area (Å²) < 4.78 is 1.88. The smallest absolute Gasteiger partial charge is 0.0850 e. The van der Waals surface area contributed by atoms with E-state index in [0.717, 1.165) is 35.0 Å². The number of fused-ring (bicyclic) bond motifs is 1. The lowest BCUT2D eigenvalue weighted by atomic mass is 10.1. The van der Waals surface area contributed by atoms with Gasteiger partial charge in [-0.1, -0.05) is 18.5 Å². The van der Waals surface area contributed by atoms with Crippen molar-refractivity contribution in [3.63, 3.8) is 0 Å². The molecule has 114 valence electrons. The van der Waals surface area contributed by atoms with Crippen LogP contribution >= 0.6 is 34.7 Å². The SMILES string of the molecule is CCc1nn(C)c(CC(N)c2cc3c(s2)CCSC3)c1Cl. The molecule has 0 aliphatic carbocycles. The monoisotopic (exact) mass is 341 g/mol.